The van der Waals surface area contributed by atoms with E-state index in [1.807, 2.05) is 24.5 Å². The maximum atomic E-state index is 5.48. The van der Waals surface area contributed by atoms with E-state index in [0.29, 0.717) is 0 Å². The molecule has 0 saturated carbocycles. The van der Waals surface area contributed by atoms with Crippen molar-refractivity contribution >= 4 is 0 Å². The van der Waals surface area contributed by atoms with Crippen LogP contribution >= 0.6 is 0 Å². The summed E-state index contributed by atoms with van der Waals surface area (Å²) in [5.74, 6) is 1.79. The molecule has 6 nitrogen and oxygen atoms in total. The molecule has 6 heteroatoms. The zero-order valence-electron chi connectivity index (χ0n) is 14.3. The molecule has 24 heavy (non-hydrogen) atoms. The molecule has 0 amide bonds. The highest BCUT2D eigenvalue weighted by atomic mass is 16.5. The van der Waals surface area contributed by atoms with Crippen LogP contribution in [0.15, 0.2) is 36.9 Å². The molecule has 1 aliphatic rings. The molecule has 1 aromatic carbocycles. The Bertz CT molecular complexity index is 643. The van der Waals surface area contributed by atoms with Gasteiger partial charge >= 0.3 is 0 Å². The lowest BCUT2D eigenvalue weighted by Crippen LogP contribution is -2.45. The second-order valence-electron chi connectivity index (χ2n) is 5.98. The maximum Gasteiger partial charge on any atom is 0.123 e. The maximum absolute atomic E-state index is 5.48. The first-order valence-corrected chi connectivity index (χ1v) is 8.18. The summed E-state index contributed by atoms with van der Waals surface area (Å²) in [4.78, 5) is 13.1. The number of aromatic nitrogens is 2. The predicted octanol–water partition coefficient (Wildman–Crippen LogP) is 1.81. The van der Waals surface area contributed by atoms with E-state index in [1.165, 1.54) is 11.1 Å². The van der Waals surface area contributed by atoms with Crippen LogP contribution in [0.5, 0.6) is 11.5 Å². The molecule has 2 aromatic rings. The van der Waals surface area contributed by atoms with Gasteiger partial charge in [0.05, 0.1) is 14.2 Å². The van der Waals surface area contributed by atoms with Crippen molar-refractivity contribution in [1.82, 2.24) is 19.8 Å². The number of ether oxygens (including phenoxy) is 2. The normalized spacial score (nSPS) is 16.1. The number of rotatable bonds is 6. The molecule has 0 unspecified atom stereocenters. The predicted molar refractivity (Wildman–Crippen MR) is 92.1 cm³/mol. The van der Waals surface area contributed by atoms with Crippen molar-refractivity contribution < 1.29 is 9.47 Å². The summed E-state index contributed by atoms with van der Waals surface area (Å²) < 4.78 is 10.8. The van der Waals surface area contributed by atoms with E-state index < -0.39 is 0 Å². The van der Waals surface area contributed by atoms with Crippen LogP contribution in [-0.4, -0.2) is 60.2 Å². The van der Waals surface area contributed by atoms with Crippen LogP contribution in [0, 0.1) is 0 Å². The number of nitrogens with zero attached hydrogens (tertiary/aromatic N) is 4. The van der Waals surface area contributed by atoms with Gasteiger partial charge in [0, 0.05) is 62.8 Å². The van der Waals surface area contributed by atoms with E-state index in [-0.39, 0.29) is 0 Å². The van der Waals surface area contributed by atoms with Crippen LogP contribution in [0.3, 0.4) is 0 Å². The lowest BCUT2D eigenvalue weighted by molar-refractivity contribution is 0.121. The van der Waals surface area contributed by atoms with Crippen molar-refractivity contribution in [2.45, 2.75) is 13.1 Å². The molecular weight excluding hydrogens is 304 g/mol. The number of benzene rings is 1. The van der Waals surface area contributed by atoms with Gasteiger partial charge < -0.3 is 9.47 Å². The summed E-state index contributed by atoms with van der Waals surface area (Å²) in [6.07, 6.45) is 5.35. The monoisotopic (exact) mass is 328 g/mol. The van der Waals surface area contributed by atoms with Gasteiger partial charge in [-0.2, -0.15) is 0 Å². The average Bonchev–Trinajstić information content (AvgIpc) is 2.64. The van der Waals surface area contributed by atoms with Crippen LogP contribution < -0.4 is 9.47 Å². The third-order valence-corrected chi connectivity index (χ3v) is 4.37. The second kappa shape index (κ2) is 8.08. The molecule has 128 valence electrons. The van der Waals surface area contributed by atoms with Crippen LogP contribution in [0.1, 0.15) is 11.1 Å². The second-order valence-corrected chi connectivity index (χ2v) is 5.98. The Morgan fingerprint density at radius 3 is 2.21 bits per heavy atom. The molecule has 0 atom stereocenters. The topological polar surface area (TPSA) is 50.7 Å². The third kappa shape index (κ3) is 4.21. The fraction of sp³-hybridized carbons (Fsp3) is 0.444. The number of piperazine rings is 1. The lowest BCUT2D eigenvalue weighted by Gasteiger charge is -2.34. The smallest absolute Gasteiger partial charge is 0.123 e. The Labute approximate surface area is 143 Å². The third-order valence-electron chi connectivity index (χ3n) is 4.37. The van der Waals surface area contributed by atoms with Gasteiger partial charge in [0.2, 0.25) is 0 Å². The molecule has 1 aliphatic heterocycles. The average molecular weight is 328 g/mol. The fourth-order valence-corrected chi connectivity index (χ4v) is 3.02. The first kappa shape index (κ1) is 16.7. The van der Waals surface area contributed by atoms with Crippen LogP contribution in [0.4, 0.5) is 0 Å². The number of hydrogen-bond acceptors (Lipinski definition) is 6. The zero-order chi connectivity index (χ0) is 16.8. The molecule has 1 fully saturated rings. The van der Waals surface area contributed by atoms with Crippen LogP contribution in [-0.2, 0) is 13.1 Å². The summed E-state index contributed by atoms with van der Waals surface area (Å²) in [6.45, 7) is 5.95. The van der Waals surface area contributed by atoms with Gasteiger partial charge in [0.25, 0.3) is 0 Å². The van der Waals surface area contributed by atoms with Gasteiger partial charge in [0.15, 0.2) is 0 Å². The van der Waals surface area contributed by atoms with E-state index in [9.17, 15) is 0 Å². The van der Waals surface area contributed by atoms with Gasteiger partial charge in [-0.25, -0.2) is 9.97 Å². The van der Waals surface area contributed by atoms with Crippen molar-refractivity contribution in [2.75, 3.05) is 40.4 Å². The highest BCUT2D eigenvalue weighted by Crippen LogP contribution is 2.25. The Morgan fingerprint density at radius 1 is 0.917 bits per heavy atom. The first-order chi connectivity index (χ1) is 11.8. The van der Waals surface area contributed by atoms with Crippen molar-refractivity contribution in [1.29, 1.82) is 0 Å². The van der Waals surface area contributed by atoms with E-state index >= 15 is 0 Å². The van der Waals surface area contributed by atoms with E-state index in [2.05, 4.69) is 25.8 Å². The minimum absolute atomic E-state index is 0.869. The van der Waals surface area contributed by atoms with E-state index in [0.717, 1.165) is 50.8 Å². The summed E-state index contributed by atoms with van der Waals surface area (Å²) >= 11 is 0. The standard InChI is InChI=1S/C18H24N4O2/c1-23-17-3-4-18(24-2)16(9-17)13-22-7-5-21(6-8-22)12-15-10-19-14-20-11-15/h3-4,9-11,14H,5-8,12-13H2,1-2H3. The Balaban J connectivity index is 1.55. The largest absolute Gasteiger partial charge is 0.497 e. The molecule has 0 spiro atoms. The van der Waals surface area contributed by atoms with Crippen molar-refractivity contribution in [2.24, 2.45) is 0 Å². The molecule has 0 radical (unpaired) electrons. The fourth-order valence-electron chi connectivity index (χ4n) is 3.02. The van der Waals surface area contributed by atoms with Gasteiger partial charge in [-0.3, -0.25) is 9.80 Å². The van der Waals surface area contributed by atoms with Crippen LogP contribution in [0.25, 0.3) is 0 Å². The molecule has 1 saturated heterocycles. The lowest BCUT2D eigenvalue weighted by atomic mass is 10.1. The summed E-state index contributed by atoms with van der Waals surface area (Å²) in [5, 5.41) is 0. The summed E-state index contributed by atoms with van der Waals surface area (Å²) in [5.41, 5.74) is 2.34. The molecule has 0 N–H and O–H groups in total. The molecule has 0 aliphatic carbocycles. The molecule has 3 rings (SSSR count). The van der Waals surface area contributed by atoms with Crippen molar-refractivity contribution in [3.8, 4) is 11.5 Å². The van der Waals surface area contributed by atoms with Gasteiger partial charge in [-0.15, -0.1) is 0 Å². The van der Waals surface area contributed by atoms with Crippen molar-refractivity contribution in [3.63, 3.8) is 0 Å². The van der Waals surface area contributed by atoms with Crippen LogP contribution in [0.2, 0.25) is 0 Å². The Hall–Kier alpha value is -2.18. The van der Waals surface area contributed by atoms with Gasteiger partial charge in [0.1, 0.15) is 17.8 Å². The van der Waals surface area contributed by atoms with Gasteiger partial charge in [-0.1, -0.05) is 0 Å². The summed E-state index contributed by atoms with van der Waals surface area (Å²) in [7, 11) is 3.41. The number of hydrogen-bond donors (Lipinski definition) is 0. The van der Waals surface area contributed by atoms with E-state index in [4.69, 9.17) is 9.47 Å². The Morgan fingerprint density at radius 2 is 1.58 bits per heavy atom. The first-order valence-electron chi connectivity index (χ1n) is 8.18. The Kier molecular flexibility index (Phi) is 5.61. The zero-order valence-corrected chi connectivity index (χ0v) is 14.3. The molecule has 0 bridgehead atoms. The minimum atomic E-state index is 0.869. The summed E-state index contributed by atoms with van der Waals surface area (Å²) in [6, 6.07) is 5.97. The molecular formula is C18H24N4O2. The highest BCUT2D eigenvalue weighted by molar-refractivity contribution is 5.40. The minimum Gasteiger partial charge on any atom is -0.497 e. The molecule has 2 heterocycles. The highest BCUT2D eigenvalue weighted by Gasteiger charge is 2.18. The molecule has 1 aromatic heterocycles. The van der Waals surface area contributed by atoms with E-state index in [1.54, 1.807) is 20.5 Å². The quantitative estimate of drug-likeness (QED) is 0.806. The van der Waals surface area contributed by atoms with Crippen molar-refractivity contribution in [3.05, 3.63) is 48.0 Å². The number of methoxy groups -OCH3 is 2. The SMILES string of the molecule is COc1ccc(OC)c(CN2CCN(Cc3cncnc3)CC2)c1. The van der Waals surface area contributed by atoms with Gasteiger partial charge in [-0.05, 0) is 18.2 Å².